The van der Waals surface area contributed by atoms with Crippen molar-refractivity contribution >= 4 is 34.3 Å². The van der Waals surface area contributed by atoms with E-state index < -0.39 is 0 Å². The Bertz CT molecular complexity index is 1780. The summed E-state index contributed by atoms with van der Waals surface area (Å²) < 4.78 is 5.49. The number of nitrogens with two attached hydrogens (primary N) is 1. The van der Waals surface area contributed by atoms with Crippen LogP contribution in [0.25, 0.3) is 33.5 Å². The Balaban J connectivity index is 1.33. The molecule has 1 amide bonds. The molecule has 0 atom stereocenters. The summed E-state index contributed by atoms with van der Waals surface area (Å²) in [5.74, 6) is 0.115. The Morgan fingerprint density at radius 3 is 2.35 bits per heavy atom. The molecule has 0 unspecified atom stereocenters. The van der Waals surface area contributed by atoms with Crippen LogP contribution in [0.15, 0.2) is 72.8 Å². The average Bonchev–Trinajstić information content (AvgIpc) is 3.44. The third-order valence-corrected chi connectivity index (χ3v) is 8.28. The van der Waals surface area contributed by atoms with Gasteiger partial charge < -0.3 is 25.3 Å². The first-order chi connectivity index (χ1) is 20.6. The number of carbonyl (C=O) groups is 1. The first-order valence-corrected chi connectivity index (χ1v) is 14.7. The van der Waals surface area contributed by atoms with E-state index in [-0.39, 0.29) is 17.3 Å². The highest BCUT2D eigenvalue weighted by molar-refractivity contribution is 6.07. The molecule has 220 valence electrons. The molecule has 1 aliphatic rings. The summed E-state index contributed by atoms with van der Waals surface area (Å²) in [6.07, 6.45) is 0. The van der Waals surface area contributed by atoms with Gasteiger partial charge in [0.1, 0.15) is 5.65 Å². The van der Waals surface area contributed by atoms with E-state index in [2.05, 4.69) is 71.0 Å². The second kappa shape index (κ2) is 11.2. The number of carbonyl (C=O) groups excluding carboxylic acids is 1. The molecule has 8 heteroatoms. The van der Waals surface area contributed by atoms with Crippen LogP contribution in [0.3, 0.4) is 0 Å². The normalized spacial score (nSPS) is 13.8. The zero-order valence-corrected chi connectivity index (χ0v) is 25.4. The lowest BCUT2D eigenvalue weighted by atomic mass is 9.86. The molecule has 0 bridgehead atoms. The molecule has 1 saturated heterocycles. The van der Waals surface area contributed by atoms with Crippen LogP contribution in [0.4, 0.5) is 17.3 Å². The molecule has 5 aromatic rings. The van der Waals surface area contributed by atoms with E-state index in [9.17, 15) is 4.79 Å². The number of benzene rings is 3. The van der Waals surface area contributed by atoms with Crippen molar-refractivity contribution in [2.45, 2.75) is 33.1 Å². The van der Waals surface area contributed by atoms with Crippen LogP contribution < -0.4 is 15.5 Å². The molecule has 0 saturated carbocycles. The fourth-order valence-electron chi connectivity index (χ4n) is 5.72. The number of amides is 1. The Morgan fingerprint density at radius 2 is 1.67 bits per heavy atom. The number of aromatic nitrogens is 3. The second-order valence-corrected chi connectivity index (χ2v) is 12.2. The molecule has 43 heavy (non-hydrogen) atoms. The number of nitrogen functional groups attached to an aromatic ring is 1. The van der Waals surface area contributed by atoms with Crippen LogP contribution >= 0.6 is 0 Å². The van der Waals surface area contributed by atoms with Gasteiger partial charge in [0.25, 0.3) is 5.91 Å². The monoisotopic (exact) mass is 574 g/mol. The summed E-state index contributed by atoms with van der Waals surface area (Å²) in [5.41, 5.74) is 15.3. The Hall–Kier alpha value is -4.69. The standard InChI is InChI=1S/C35H38N6O2/c1-22-27(7-6-8-30(22)40(5)33(42)24-9-13-25(14-10-24)35(2,3)4)31-28-21-29(37-32(28)39-34(36)38-31)23-11-15-26(16-12-23)41-17-19-43-20-18-41/h6-16,21H,17-20H2,1-5H3,(H3,36,37,38,39). The predicted octanol–water partition coefficient (Wildman–Crippen LogP) is 6.59. The summed E-state index contributed by atoms with van der Waals surface area (Å²) in [6, 6.07) is 24.4. The van der Waals surface area contributed by atoms with Gasteiger partial charge in [0.05, 0.1) is 18.9 Å². The van der Waals surface area contributed by atoms with Crippen LogP contribution in [-0.4, -0.2) is 54.2 Å². The molecule has 0 aliphatic carbocycles. The molecular weight excluding hydrogens is 536 g/mol. The molecule has 1 fully saturated rings. The van der Waals surface area contributed by atoms with Gasteiger partial charge in [-0.05, 0) is 65.4 Å². The number of fused-ring (bicyclic) bond motifs is 1. The van der Waals surface area contributed by atoms with Crippen molar-refractivity contribution in [1.82, 2.24) is 15.0 Å². The minimum absolute atomic E-state index is 0.0214. The summed E-state index contributed by atoms with van der Waals surface area (Å²) in [5, 5.41) is 0.869. The highest BCUT2D eigenvalue weighted by Gasteiger charge is 2.21. The Labute approximate surface area is 252 Å². The second-order valence-electron chi connectivity index (χ2n) is 12.2. The topological polar surface area (TPSA) is 100 Å². The van der Waals surface area contributed by atoms with Gasteiger partial charge in [-0.3, -0.25) is 4.79 Å². The van der Waals surface area contributed by atoms with Crippen molar-refractivity contribution in [2.75, 3.05) is 48.9 Å². The summed E-state index contributed by atoms with van der Waals surface area (Å²) in [4.78, 5) is 30.2. The van der Waals surface area contributed by atoms with Gasteiger partial charge in [-0.25, -0.2) is 4.98 Å². The van der Waals surface area contributed by atoms with E-state index in [1.807, 2.05) is 56.4 Å². The zero-order chi connectivity index (χ0) is 30.3. The number of H-pyrrole nitrogens is 1. The molecule has 3 aromatic carbocycles. The SMILES string of the molecule is Cc1c(-c2nc(N)nc3[nH]c(-c4ccc(N5CCOCC5)cc4)cc23)cccc1N(C)C(=O)c1ccc(C(C)(C)C)cc1. The number of ether oxygens (including phenoxy) is 1. The number of hydrogen-bond donors (Lipinski definition) is 2. The lowest BCUT2D eigenvalue weighted by molar-refractivity contribution is 0.0992. The number of morpholine rings is 1. The number of anilines is 3. The van der Waals surface area contributed by atoms with Gasteiger partial charge in [0, 0.05) is 53.7 Å². The first kappa shape index (κ1) is 28.4. The first-order valence-electron chi connectivity index (χ1n) is 14.7. The maximum atomic E-state index is 13.5. The van der Waals surface area contributed by atoms with E-state index >= 15 is 0 Å². The van der Waals surface area contributed by atoms with Gasteiger partial charge in [-0.15, -0.1) is 0 Å². The van der Waals surface area contributed by atoms with Crippen molar-refractivity contribution in [3.63, 3.8) is 0 Å². The smallest absolute Gasteiger partial charge is 0.258 e. The minimum Gasteiger partial charge on any atom is -0.378 e. The van der Waals surface area contributed by atoms with Crippen LogP contribution in [0.2, 0.25) is 0 Å². The lowest BCUT2D eigenvalue weighted by Gasteiger charge is -2.28. The molecule has 2 aromatic heterocycles. The summed E-state index contributed by atoms with van der Waals surface area (Å²) in [7, 11) is 1.81. The van der Waals surface area contributed by atoms with Gasteiger partial charge in [-0.2, -0.15) is 4.98 Å². The number of hydrogen-bond acceptors (Lipinski definition) is 6. The zero-order valence-electron chi connectivity index (χ0n) is 25.4. The molecule has 0 radical (unpaired) electrons. The summed E-state index contributed by atoms with van der Waals surface area (Å²) >= 11 is 0. The molecule has 8 nitrogen and oxygen atoms in total. The van der Waals surface area contributed by atoms with Gasteiger partial charge in [0.2, 0.25) is 5.95 Å². The maximum Gasteiger partial charge on any atom is 0.258 e. The number of aromatic amines is 1. The third kappa shape index (κ3) is 5.58. The van der Waals surface area contributed by atoms with Crippen molar-refractivity contribution in [1.29, 1.82) is 0 Å². The quantitative estimate of drug-likeness (QED) is 0.246. The molecule has 0 spiro atoms. The molecule has 1 aliphatic heterocycles. The van der Waals surface area contributed by atoms with E-state index in [0.717, 1.165) is 65.5 Å². The highest BCUT2D eigenvalue weighted by Crippen LogP contribution is 2.36. The number of nitrogens with one attached hydrogen (secondary N) is 1. The van der Waals surface area contributed by atoms with Gasteiger partial charge in [0.15, 0.2) is 0 Å². The van der Waals surface area contributed by atoms with E-state index in [1.165, 1.54) is 11.3 Å². The van der Waals surface area contributed by atoms with Crippen LogP contribution in [0.5, 0.6) is 0 Å². The average molecular weight is 575 g/mol. The third-order valence-electron chi connectivity index (χ3n) is 8.28. The van der Waals surface area contributed by atoms with E-state index in [4.69, 9.17) is 10.5 Å². The number of nitrogens with zero attached hydrogens (tertiary/aromatic N) is 4. The largest absolute Gasteiger partial charge is 0.378 e. The molecular formula is C35H38N6O2. The van der Waals surface area contributed by atoms with Crippen molar-refractivity contribution in [3.8, 4) is 22.5 Å². The Morgan fingerprint density at radius 1 is 0.977 bits per heavy atom. The van der Waals surface area contributed by atoms with Crippen LogP contribution in [0.1, 0.15) is 42.3 Å². The summed E-state index contributed by atoms with van der Waals surface area (Å²) in [6.45, 7) is 11.8. The van der Waals surface area contributed by atoms with Crippen LogP contribution in [-0.2, 0) is 10.2 Å². The van der Waals surface area contributed by atoms with Crippen LogP contribution in [0, 0.1) is 6.92 Å². The van der Waals surface area contributed by atoms with Crippen molar-refractivity contribution < 1.29 is 9.53 Å². The fraction of sp³-hybridized carbons (Fsp3) is 0.286. The maximum absolute atomic E-state index is 13.5. The number of rotatable bonds is 5. The highest BCUT2D eigenvalue weighted by atomic mass is 16.5. The van der Waals surface area contributed by atoms with E-state index in [1.54, 1.807) is 4.90 Å². The molecule has 3 N–H and O–H groups in total. The van der Waals surface area contributed by atoms with Gasteiger partial charge in [-0.1, -0.05) is 57.2 Å². The molecule has 3 heterocycles. The van der Waals surface area contributed by atoms with Crippen molar-refractivity contribution in [3.05, 3.63) is 89.5 Å². The van der Waals surface area contributed by atoms with Gasteiger partial charge >= 0.3 is 0 Å². The molecule has 6 rings (SSSR count). The van der Waals surface area contributed by atoms with Crippen molar-refractivity contribution in [2.24, 2.45) is 0 Å². The van der Waals surface area contributed by atoms with E-state index in [0.29, 0.717) is 11.2 Å². The minimum atomic E-state index is -0.0717. The lowest BCUT2D eigenvalue weighted by Crippen LogP contribution is -2.36. The predicted molar refractivity (Wildman–Crippen MR) is 175 cm³/mol. The Kier molecular flexibility index (Phi) is 7.40. The fourth-order valence-corrected chi connectivity index (χ4v) is 5.72.